The van der Waals surface area contributed by atoms with E-state index in [1.807, 2.05) is 6.07 Å². The van der Waals surface area contributed by atoms with E-state index in [2.05, 4.69) is 0 Å². The molecule has 0 radical (unpaired) electrons. The molecule has 1 N–H and O–H groups in total. The molecule has 0 aliphatic heterocycles. The lowest BCUT2D eigenvalue weighted by Gasteiger charge is -2.00. The Balaban J connectivity index is 3.28. The number of hydrogen-bond acceptors (Lipinski definition) is 2. The summed E-state index contributed by atoms with van der Waals surface area (Å²) in [6.07, 6.45) is 0. The van der Waals surface area contributed by atoms with Gasteiger partial charge in [-0.1, -0.05) is 18.2 Å². The van der Waals surface area contributed by atoms with E-state index in [1.54, 1.807) is 26.0 Å². The summed E-state index contributed by atoms with van der Waals surface area (Å²) in [4.78, 5) is 19.9. The predicted molar refractivity (Wildman–Crippen MR) is 50.1 cm³/mol. The second-order valence-electron chi connectivity index (χ2n) is 2.84. The quantitative estimate of drug-likeness (QED) is 0.739. The smallest absolute Gasteiger partial charge is 0.231 e. The van der Waals surface area contributed by atoms with Gasteiger partial charge in [0.15, 0.2) is 0 Å². The van der Waals surface area contributed by atoms with Crippen LogP contribution < -0.4 is 0 Å². The molecule has 0 aromatic heterocycles. The Morgan fingerprint density at radius 2 is 1.77 bits per heavy atom. The van der Waals surface area contributed by atoms with E-state index in [0.717, 1.165) is 11.1 Å². The van der Waals surface area contributed by atoms with Crippen LogP contribution in [0.2, 0.25) is 0 Å². The van der Waals surface area contributed by atoms with Crippen LogP contribution in [0.5, 0.6) is 0 Å². The molecule has 4 heteroatoms. The molecule has 0 saturated heterocycles. The zero-order chi connectivity index (χ0) is 10.0. The van der Waals surface area contributed by atoms with Crippen molar-refractivity contribution in [2.24, 2.45) is 0 Å². The average molecular weight is 197 g/mol. The van der Waals surface area contributed by atoms with Crippen LogP contribution in [0.4, 0.5) is 0 Å². The molecule has 13 heavy (non-hydrogen) atoms. The van der Waals surface area contributed by atoms with E-state index < -0.39 is 13.6 Å². The summed E-state index contributed by atoms with van der Waals surface area (Å²) in [5.41, 5.74) is 1.15. The molecule has 1 aromatic rings. The molecule has 1 rings (SSSR count). The van der Waals surface area contributed by atoms with Crippen LogP contribution >= 0.6 is 8.03 Å². The zero-order valence-corrected chi connectivity index (χ0v) is 8.34. The first-order valence-corrected chi connectivity index (χ1v) is 5.02. The summed E-state index contributed by atoms with van der Waals surface area (Å²) in [6, 6.07) is 5.31. The van der Waals surface area contributed by atoms with Gasteiger partial charge in [0, 0.05) is 0 Å². The van der Waals surface area contributed by atoms with Gasteiger partial charge < -0.3 is 0 Å². The molecule has 0 spiro atoms. The van der Waals surface area contributed by atoms with Crippen LogP contribution in [0.15, 0.2) is 18.2 Å². The lowest BCUT2D eigenvalue weighted by atomic mass is 10.0. The number of benzene rings is 1. The van der Waals surface area contributed by atoms with Crippen molar-refractivity contribution < 1.29 is 14.3 Å². The van der Waals surface area contributed by atoms with Crippen LogP contribution in [0.3, 0.4) is 0 Å². The largest absolute Gasteiger partial charge is 0.590 e. The Morgan fingerprint density at radius 3 is 2.15 bits per heavy atom. The summed E-state index contributed by atoms with van der Waals surface area (Å²) in [6.45, 7) is 3.50. The third kappa shape index (κ3) is 2.00. The number of carbonyl (C=O) groups is 1. The topological polar surface area (TPSA) is 54.4 Å². The van der Waals surface area contributed by atoms with Crippen LogP contribution in [0.1, 0.15) is 21.5 Å². The first-order chi connectivity index (χ1) is 6.04. The van der Waals surface area contributed by atoms with Gasteiger partial charge in [-0.25, -0.2) is 4.79 Å². The summed E-state index contributed by atoms with van der Waals surface area (Å²) in [5, 5.41) is 0. The van der Waals surface area contributed by atoms with E-state index in [9.17, 15) is 9.36 Å². The number of carbonyl (C=O) groups excluding carboxylic acids is 1. The van der Waals surface area contributed by atoms with Crippen molar-refractivity contribution in [3.8, 4) is 0 Å². The van der Waals surface area contributed by atoms with E-state index in [0.29, 0.717) is 5.56 Å². The maximum Gasteiger partial charge on any atom is 0.590 e. The van der Waals surface area contributed by atoms with Crippen LogP contribution in [0, 0.1) is 13.8 Å². The highest BCUT2D eigenvalue weighted by atomic mass is 31.1. The van der Waals surface area contributed by atoms with Crippen molar-refractivity contribution in [1.29, 1.82) is 0 Å². The van der Waals surface area contributed by atoms with Crippen LogP contribution in [0.25, 0.3) is 0 Å². The van der Waals surface area contributed by atoms with Gasteiger partial charge in [0.2, 0.25) is 0 Å². The zero-order valence-electron chi connectivity index (χ0n) is 7.44. The van der Waals surface area contributed by atoms with E-state index in [4.69, 9.17) is 4.89 Å². The fraction of sp³-hybridized carbons (Fsp3) is 0.222. The minimum atomic E-state index is -2.76. The first kappa shape index (κ1) is 10.0. The van der Waals surface area contributed by atoms with Gasteiger partial charge in [0.1, 0.15) is 0 Å². The average Bonchev–Trinajstić information content (AvgIpc) is 2.03. The normalized spacial score (nSPS) is 11.2. The van der Waals surface area contributed by atoms with Crippen molar-refractivity contribution in [3.05, 3.63) is 34.9 Å². The van der Waals surface area contributed by atoms with Crippen LogP contribution in [-0.4, -0.2) is 10.4 Å². The van der Waals surface area contributed by atoms with E-state index in [-0.39, 0.29) is 0 Å². The lowest BCUT2D eigenvalue weighted by Crippen LogP contribution is -1.99. The predicted octanol–water partition coefficient (Wildman–Crippen LogP) is 2.18. The summed E-state index contributed by atoms with van der Waals surface area (Å²) < 4.78 is 10.6. The SMILES string of the molecule is Cc1cccc(C)c1C(=O)[P+](=O)O. The molecule has 1 atom stereocenters. The fourth-order valence-electron chi connectivity index (χ4n) is 1.25. The molecule has 0 amide bonds. The van der Waals surface area contributed by atoms with Crippen LogP contribution in [-0.2, 0) is 4.57 Å². The molecule has 0 bridgehead atoms. The first-order valence-electron chi connectivity index (χ1n) is 3.80. The highest BCUT2D eigenvalue weighted by Crippen LogP contribution is 2.25. The molecule has 0 heterocycles. The molecule has 0 aliphatic carbocycles. The van der Waals surface area contributed by atoms with Gasteiger partial charge in [0.05, 0.1) is 5.56 Å². The summed E-state index contributed by atoms with van der Waals surface area (Å²) in [5.74, 6) is 0. The summed E-state index contributed by atoms with van der Waals surface area (Å²) >= 11 is 0. The van der Waals surface area contributed by atoms with Crippen molar-refractivity contribution in [2.45, 2.75) is 13.8 Å². The molecule has 0 aliphatic rings. The highest BCUT2D eigenvalue weighted by Gasteiger charge is 2.30. The second kappa shape index (κ2) is 3.77. The van der Waals surface area contributed by atoms with E-state index in [1.165, 1.54) is 0 Å². The molecule has 3 nitrogen and oxygen atoms in total. The molecule has 1 aromatic carbocycles. The minimum absolute atomic E-state index is 0.367. The fourth-order valence-corrected chi connectivity index (χ4v) is 1.79. The Kier molecular flexibility index (Phi) is 2.91. The van der Waals surface area contributed by atoms with Gasteiger partial charge in [-0.3, -0.25) is 0 Å². The molecule has 1 unspecified atom stereocenters. The molecular weight excluding hydrogens is 187 g/mol. The van der Waals surface area contributed by atoms with Gasteiger partial charge in [-0.2, -0.15) is 4.89 Å². The van der Waals surface area contributed by atoms with Gasteiger partial charge in [-0.05, 0) is 29.5 Å². The van der Waals surface area contributed by atoms with Gasteiger partial charge >= 0.3 is 13.6 Å². The monoisotopic (exact) mass is 197 g/mol. The number of rotatable bonds is 2. The lowest BCUT2D eigenvalue weighted by molar-refractivity contribution is 0.106. The third-order valence-electron chi connectivity index (χ3n) is 1.87. The minimum Gasteiger partial charge on any atom is -0.231 e. The summed E-state index contributed by atoms with van der Waals surface area (Å²) in [7, 11) is -2.76. The highest BCUT2D eigenvalue weighted by molar-refractivity contribution is 7.59. The molecular formula is C9H10O3P+. The van der Waals surface area contributed by atoms with Gasteiger partial charge in [0.25, 0.3) is 0 Å². The molecule has 0 saturated carbocycles. The van der Waals surface area contributed by atoms with E-state index >= 15 is 0 Å². The number of hydrogen-bond donors (Lipinski definition) is 1. The standard InChI is InChI=1S/C9H9O3P/c1-6-4-3-5-7(2)8(6)9(10)13(11)12/h3-5H,1-2H3/p+1. The Hall–Kier alpha value is -1.05. The van der Waals surface area contributed by atoms with Crippen molar-refractivity contribution >= 4 is 13.6 Å². The maximum absolute atomic E-state index is 11.3. The Labute approximate surface area is 77.3 Å². The number of aryl methyl sites for hydroxylation is 2. The Bertz CT molecular complexity index is 351. The molecule has 68 valence electrons. The Morgan fingerprint density at radius 1 is 1.31 bits per heavy atom. The molecule has 0 fully saturated rings. The van der Waals surface area contributed by atoms with Crippen molar-refractivity contribution in [2.75, 3.05) is 0 Å². The second-order valence-corrected chi connectivity index (χ2v) is 3.80. The van der Waals surface area contributed by atoms with Gasteiger partial charge in [-0.15, -0.1) is 0 Å². The van der Waals surface area contributed by atoms with Crippen molar-refractivity contribution in [3.63, 3.8) is 0 Å². The third-order valence-corrected chi connectivity index (χ3v) is 2.44. The van der Waals surface area contributed by atoms with Crippen molar-refractivity contribution in [1.82, 2.24) is 0 Å². The maximum atomic E-state index is 11.3.